The molecule has 2 fully saturated rings. The summed E-state index contributed by atoms with van der Waals surface area (Å²) < 4.78 is 2.19. The zero-order valence-electron chi connectivity index (χ0n) is 14.5. The maximum atomic E-state index is 12.4. The molecule has 2 aliphatic rings. The Balaban J connectivity index is 1.65. The van der Waals surface area contributed by atoms with Crippen LogP contribution in [0.4, 0.5) is 4.79 Å². The molecule has 1 aliphatic heterocycles. The molecule has 1 aliphatic carbocycles. The lowest BCUT2D eigenvalue weighted by Gasteiger charge is -2.32. The molecular weight excluding hydrogens is 306 g/mol. The Bertz CT molecular complexity index is 604. The molecule has 0 radical (unpaired) electrons. The minimum absolute atomic E-state index is 0.200. The smallest absolute Gasteiger partial charge is 0.414 e. The van der Waals surface area contributed by atoms with E-state index in [2.05, 4.69) is 22.7 Å². The molecule has 2 amide bonds. The summed E-state index contributed by atoms with van der Waals surface area (Å²) in [5.74, 6) is 0.458. The molecule has 0 bridgehead atoms. The number of hydrogen-bond acceptors (Lipinski definition) is 3. The fraction of sp³-hybridized carbons (Fsp3) is 0.722. The van der Waals surface area contributed by atoms with Gasteiger partial charge in [0.2, 0.25) is 5.91 Å². The number of carbonyl (C=O) groups excluding carboxylic acids is 1. The summed E-state index contributed by atoms with van der Waals surface area (Å²) in [5.41, 5.74) is 0.895. The van der Waals surface area contributed by atoms with Crippen LogP contribution in [0.2, 0.25) is 0 Å². The maximum absolute atomic E-state index is 12.4. The van der Waals surface area contributed by atoms with Gasteiger partial charge in [-0.05, 0) is 43.9 Å². The Kier molecular flexibility index (Phi) is 4.92. The molecule has 132 valence electrons. The number of carboxylic acid groups (broad SMARTS) is 1. The minimum atomic E-state index is -1.14. The molecule has 2 heterocycles. The van der Waals surface area contributed by atoms with E-state index >= 15 is 0 Å². The van der Waals surface area contributed by atoms with Crippen molar-refractivity contribution in [3.05, 3.63) is 18.2 Å². The zero-order chi connectivity index (χ0) is 17.3. The molecule has 1 aromatic heterocycles. The van der Waals surface area contributed by atoms with E-state index < -0.39 is 6.09 Å². The summed E-state index contributed by atoms with van der Waals surface area (Å²) >= 11 is 0. The number of amides is 2. The first kappa shape index (κ1) is 17.0. The third-order valence-electron chi connectivity index (χ3n) is 5.54. The monoisotopic (exact) mass is 333 g/mol. The van der Waals surface area contributed by atoms with Crippen LogP contribution in [0.25, 0.3) is 0 Å². The van der Waals surface area contributed by atoms with Gasteiger partial charge in [-0.2, -0.15) is 0 Å². The van der Waals surface area contributed by atoms with Crippen molar-refractivity contribution >= 4 is 12.0 Å². The Morgan fingerprint density at radius 2 is 1.96 bits per heavy atom. The highest BCUT2D eigenvalue weighted by molar-refractivity contribution is 5.93. The normalized spacial score (nSPS) is 31.2. The predicted molar refractivity (Wildman–Crippen MR) is 89.6 cm³/mol. The number of carbonyl (C=O) groups is 2. The molecule has 2 atom stereocenters. The Labute approximate surface area is 142 Å². The molecule has 6 nitrogen and oxygen atoms in total. The van der Waals surface area contributed by atoms with Crippen molar-refractivity contribution in [3.63, 3.8) is 0 Å². The van der Waals surface area contributed by atoms with E-state index in [1.807, 2.05) is 13.3 Å². The van der Waals surface area contributed by atoms with Crippen LogP contribution in [0.1, 0.15) is 57.7 Å². The Morgan fingerprint density at radius 3 is 2.62 bits per heavy atom. The second-order valence-electron chi connectivity index (χ2n) is 7.70. The fourth-order valence-corrected chi connectivity index (χ4v) is 4.10. The average Bonchev–Trinajstić information content (AvgIpc) is 2.99. The van der Waals surface area contributed by atoms with Gasteiger partial charge in [0.25, 0.3) is 0 Å². The highest BCUT2D eigenvalue weighted by atomic mass is 16.4. The number of imide groups is 1. The molecule has 6 heteroatoms. The van der Waals surface area contributed by atoms with Crippen LogP contribution in [0.5, 0.6) is 0 Å². The first-order valence-corrected chi connectivity index (χ1v) is 9.00. The lowest BCUT2D eigenvalue weighted by molar-refractivity contribution is -0.137. The number of imidazole rings is 1. The summed E-state index contributed by atoms with van der Waals surface area (Å²) in [5, 5.41) is 9.19. The Morgan fingerprint density at radius 1 is 1.25 bits per heavy atom. The number of rotatable bonds is 3. The number of piperidine rings is 1. The van der Waals surface area contributed by atoms with Crippen LogP contribution in [-0.4, -0.2) is 38.1 Å². The SMILES string of the molecule is CC1CCC(n2cnc(CC3CC(C)CN(C(=O)O)C3=O)c2)CC1. The van der Waals surface area contributed by atoms with Crippen LogP contribution in [0.3, 0.4) is 0 Å². The first-order valence-electron chi connectivity index (χ1n) is 9.00. The molecule has 3 rings (SSSR count). The fourth-order valence-electron chi connectivity index (χ4n) is 4.10. The summed E-state index contributed by atoms with van der Waals surface area (Å²) in [6, 6.07) is 0.513. The third-order valence-corrected chi connectivity index (χ3v) is 5.54. The molecule has 1 saturated heterocycles. The van der Waals surface area contributed by atoms with E-state index in [0.717, 1.165) is 22.9 Å². The molecule has 24 heavy (non-hydrogen) atoms. The van der Waals surface area contributed by atoms with Gasteiger partial charge >= 0.3 is 6.09 Å². The van der Waals surface area contributed by atoms with Crippen molar-refractivity contribution in [3.8, 4) is 0 Å². The van der Waals surface area contributed by atoms with Crippen molar-refractivity contribution in [1.82, 2.24) is 14.5 Å². The zero-order valence-corrected chi connectivity index (χ0v) is 14.5. The van der Waals surface area contributed by atoms with Crippen LogP contribution >= 0.6 is 0 Å². The number of nitrogens with zero attached hydrogens (tertiary/aromatic N) is 3. The first-order chi connectivity index (χ1) is 11.4. The van der Waals surface area contributed by atoms with Gasteiger partial charge in [0.1, 0.15) is 0 Å². The highest BCUT2D eigenvalue weighted by Crippen LogP contribution is 2.32. The van der Waals surface area contributed by atoms with Gasteiger partial charge in [0, 0.05) is 31.1 Å². The number of hydrogen-bond donors (Lipinski definition) is 1. The Hall–Kier alpha value is -1.85. The van der Waals surface area contributed by atoms with E-state index in [4.69, 9.17) is 0 Å². The summed E-state index contributed by atoms with van der Waals surface area (Å²) in [4.78, 5) is 29.1. The van der Waals surface area contributed by atoms with Gasteiger partial charge in [-0.25, -0.2) is 14.7 Å². The van der Waals surface area contributed by atoms with Crippen LogP contribution in [-0.2, 0) is 11.2 Å². The van der Waals surface area contributed by atoms with E-state index in [1.165, 1.54) is 25.7 Å². The topological polar surface area (TPSA) is 75.4 Å². The quantitative estimate of drug-likeness (QED) is 0.920. The van der Waals surface area contributed by atoms with Gasteiger partial charge in [0.15, 0.2) is 0 Å². The van der Waals surface area contributed by atoms with E-state index in [-0.39, 0.29) is 17.7 Å². The molecule has 1 N–H and O–H groups in total. The second-order valence-corrected chi connectivity index (χ2v) is 7.70. The summed E-state index contributed by atoms with van der Waals surface area (Å²) in [6.45, 7) is 4.61. The lowest BCUT2D eigenvalue weighted by Crippen LogP contribution is -2.47. The van der Waals surface area contributed by atoms with Gasteiger partial charge in [-0.1, -0.05) is 13.8 Å². The van der Waals surface area contributed by atoms with Crippen LogP contribution < -0.4 is 0 Å². The maximum Gasteiger partial charge on any atom is 0.414 e. The van der Waals surface area contributed by atoms with E-state index in [9.17, 15) is 14.7 Å². The second kappa shape index (κ2) is 6.95. The largest absolute Gasteiger partial charge is 0.465 e. The molecule has 0 spiro atoms. The molecule has 1 saturated carbocycles. The standard InChI is InChI=1S/C18H27N3O3/c1-12-3-5-16(6-4-12)20-10-15(19-11-20)8-14-7-13(2)9-21(17(14)22)18(23)24/h10-14,16H,3-9H2,1-2H3,(H,23,24). The van der Waals surface area contributed by atoms with E-state index in [1.54, 1.807) is 0 Å². The van der Waals surface area contributed by atoms with Gasteiger partial charge in [0.05, 0.1) is 12.0 Å². The molecule has 1 aromatic rings. The van der Waals surface area contributed by atoms with E-state index in [0.29, 0.717) is 19.0 Å². The van der Waals surface area contributed by atoms with Gasteiger partial charge < -0.3 is 9.67 Å². The van der Waals surface area contributed by atoms with Crippen LogP contribution in [0.15, 0.2) is 12.5 Å². The third kappa shape index (κ3) is 3.62. The van der Waals surface area contributed by atoms with Crippen molar-refractivity contribution in [2.75, 3.05) is 6.54 Å². The van der Waals surface area contributed by atoms with Gasteiger partial charge in [-0.15, -0.1) is 0 Å². The molecular formula is C18H27N3O3. The summed E-state index contributed by atoms with van der Waals surface area (Å²) in [7, 11) is 0. The summed E-state index contributed by atoms with van der Waals surface area (Å²) in [6.07, 6.45) is 8.93. The van der Waals surface area contributed by atoms with Crippen molar-refractivity contribution in [2.24, 2.45) is 17.8 Å². The van der Waals surface area contributed by atoms with Crippen molar-refractivity contribution in [1.29, 1.82) is 0 Å². The number of likely N-dealkylation sites (tertiary alicyclic amines) is 1. The lowest BCUT2D eigenvalue weighted by atomic mass is 9.86. The predicted octanol–water partition coefficient (Wildman–Crippen LogP) is 3.34. The van der Waals surface area contributed by atoms with Crippen molar-refractivity contribution < 1.29 is 14.7 Å². The van der Waals surface area contributed by atoms with Crippen LogP contribution in [0, 0.1) is 17.8 Å². The highest BCUT2D eigenvalue weighted by Gasteiger charge is 2.36. The average molecular weight is 333 g/mol. The molecule has 2 unspecified atom stereocenters. The van der Waals surface area contributed by atoms with Gasteiger partial charge in [-0.3, -0.25) is 4.79 Å². The van der Waals surface area contributed by atoms with Crippen molar-refractivity contribution in [2.45, 2.75) is 58.4 Å². The molecule has 0 aromatic carbocycles. The minimum Gasteiger partial charge on any atom is -0.465 e. The number of aromatic nitrogens is 2.